The smallest absolute Gasteiger partial charge is 0.270 e. The highest BCUT2D eigenvalue weighted by molar-refractivity contribution is 7.93. The lowest BCUT2D eigenvalue weighted by molar-refractivity contribution is 0.174. The van der Waals surface area contributed by atoms with Crippen molar-refractivity contribution >= 4 is 37.9 Å². The minimum Gasteiger partial charge on any atom is -0.387 e. The highest BCUT2D eigenvalue weighted by Crippen LogP contribution is 2.37. The van der Waals surface area contributed by atoms with Gasteiger partial charge in [0.15, 0.2) is 0 Å². The van der Waals surface area contributed by atoms with Gasteiger partial charge < -0.3 is 15.7 Å². The average molecular weight is 618 g/mol. The maximum atomic E-state index is 14.2. The van der Waals surface area contributed by atoms with Gasteiger partial charge in [-0.2, -0.15) is 0 Å². The van der Waals surface area contributed by atoms with Crippen LogP contribution in [0.15, 0.2) is 77.3 Å². The van der Waals surface area contributed by atoms with Crippen molar-refractivity contribution < 1.29 is 13.5 Å². The summed E-state index contributed by atoms with van der Waals surface area (Å²) in [6, 6.07) is 16.7. The van der Waals surface area contributed by atoms with Gasteiger partial charge in [0.1, 0.15) is 0 Å². The fourth-order valence-corrected chi connectivity index (χ4v) is 8.61. The summed E-state index contributed by atoms with van der Waals surface area (Å²) in [6.07, 6.45) is 11.5. The highest BCUT2D eigenvalue weighted by atomic mass is 32.2. The Morgan fingerprint density at radius 1 is 1.09 bits per heavy atom. The molecule has 1 aliphatic carbocycles. The summed E-state index contributed by atoms with van der Waals surface area (Å²) in [5.74, 6) is 0.755. The Kier molecular flexibility index (Phi) is 9.37. The Bertz CT molecular complexity index is 1600. The van der Waals surface area contributed by atoms with Crippen molar-refractivity contribution in [3.63, 3.8) is 0 Å². The van der Waals surface area contributed by atoms with Gasteiger partial charge in [-0.3, -0.25) is 4.98 Å². The second-order valence-electron chi connectivity index (χ2n) is 11.5. The minimum atomic E-state index is -3.91. The second-order valence-corrected chi connectivity index (χ2v) is 14.1. The number of nitrogens with zero attached hydrogens (tertiary/aromatic N) is 3. The van der Waals surface area contributed by atoms with Crippen LogP contribution < -0.4 is 14.9 Å². The number of nitrogens with one attached hydrogen (secondary N) is 2. The molecule has 1 saturated carbocycles. The molecule has 3 heterocycles. The van der Waals surface area contributed by atoms with Crippen LogP contribution in [0.1, 0.15) is 60.6 Å². The Morgan fingerprint density at radius 3 is 2.72 bits per heavy atom. The molecule has 1 fully saturated rings. The third-order valence-electron chi connectivity index (χ3n) is 8.49. The van der Waals surface area contributed by atoms with Gasteiger partial charge in [-0.05, 0) is 85.7 Å². The lowest BCUT2D eigenvalue weighted by atomic mass is 10.0. The fraction of sp³-hybridized carbons (Fsp3) is 0.394. The normalized spacial score (nSPS) is 15.7. The molecule has 0 bridgehead atoms. The topological polar surface area (TPSA) is 107 Å². The summed E-state index contributed by atoms with van der Waals surface area (Å²) in [7, 11) is -3.91. The zero-order chi connectivity index (χ0) is 29.6. The van der Waals surface area contributed by atoms with Crippen LogP contribution in [0.2, 0.25) is 0 Å². The number of aromatic nitrogens is 2. The number of anilines is 3. The quantitative estimate of drug-likeness (QED) is 0.158. The molecule has 4 aromatic rings. The number of aliphatic hydroxyl groups is 1. The van der Waals surface area contributed by atoms with E-state index < -0.39 is 16.1 Å². The predicted octanol–water partition coefficient (Wildman–Crippen LogP) is 6.02. The van der Waals surface area contributed by atoms with E-state index in [2.05, 4.69) is 15.6 Å². The van der Waals surface area contributed by atoms with E-state index in [1.807, 2.05) is 47.8 Å². The third-order valence-corrected chi connectivity index (χ3v) is 11.2. The molecule has 43 heavy (non-hydrogen) atoms. The van der Waals surface area contributed by atoms with Crippen molar-refractivity contribution in [2.45, 2.75) is 62.4 Å². The van der Waals surface area contributed by atoms with E-state index in [4.69, 9.17) is 4.98 Å². The summed E-state index contributed by atoms with van der Waals surface area (Å²) in [6.45, 7) is 1.93. The van der Waals surface area contributed by atoms with Gasteiger partial charge >= 0.3 is 0 Å². The fourth-order valence-electron chi connectivity index (χ4n) is 6.01. The van der Waals surface area contributed by atoms with Crippen molar-refractivity contribution in [1.82, 2.24) is 15.3 Å². The number of rotatable bonds is 13. The highest BCUT2D eigenvalue weighted by Gasteiger charge is 2.30. The van der Waals surface area contributed by atoms with Crippen molar-refractivity contribution in [1.29, 1.82) is 0 Å². The molecule has 0 radical (unpaired) electrons. The molecule has 1 aliphatic heterocycles. The van der Waals surface area contributed by atoms with Gasteiger partial charge in [0.05, 0.1) is 22.4 Å². The van der Waals surface area contributed by atoms with Crippen LogP contribution >= 0.6 is 11.3 Å². The van der Waals surface area contributed by atoms with Crippen LogP contribution in [-0.2, 0) is 29.3 Å². The van der Waals surface area contributed by atoms with Gasteiger partial charge in [-0.1, -0.05) is 43.9 Å². The summed E-state index contributed by atoms with van der Waals surface area (Å²) in [4.78, 5) is 9.19. The standard InChI is InChI=1S/C33H39N5O3S2/c39-32(27-6-3-17-34-21-27)22-35-18-15-25-8-11-29(12-9-25)38(33-37-28(23-42-33)10-7-24-4-1-2-5-24)43(40,41)30-13-14-31-26(20-30)16-19-36-31/h3,6,8-9,11-14,17,20-21,23-24,32,35-36,39H,1-2,4-5,7,10,15-16,18-19,22H2. The first-order chi connectivity index (χ1) is 21.0. The maximum absolute atomic E-state index is 14.2. The minimum absolute atomic E-state index is 0.276. The first-order valence-electron chi connectivity index (χ1n) is 15.2. The number of benzene rings is 2. The van der Waals surface area contributed by atoms with Crippen LogP contribution in [0.4, 0.5) is 16.5 Å². The van der Waals surface area contributed by atoms with Crippen LogP contribution in [0, 0.1) is 5.92 Å². The molecular weight excluding hydrogens is 579 g/mol. The number of pyridine rings is 1. The Morgan fingerprint density at radius 2 is 1.93 bits per heavy atom. The summed E-state index contributed by atoms with van der Waals surface area (Å²) in [5.41, 5.74) is 5.41. The van der Waals surface area contributed by atoms with E-state index in [0.717, 1.165) is 66.2 Å². The lowest BCUT2D eigenvalue weighted by Gasteiger charge is -2.22. The molecule has 10 heteroatoms. The number of sulfonamides is 1. The van der Waals surface area contributed by atoms with Gasteiger partial charge in [-0.15, -0.1) is 11.3 Å². The molecule has 6 rings (SSSR count). The SMILES string of the molecule is O=S(=O)(c1ccc2c(c1)CCN2)N(c1ccc(CCNCC(O)c2cccnc2)cc1)c1nc(CCC2CCCC2)cs1. The van der Waals surface area contributed by atoms with E-state index in [9.17, 15) is 13.5 Å². The van der Waals surface area contributed by atoms with Gasteiger partial charge in [0.2, 0.25) is 5.13 Å². The lowest BCUT2D eigenvalue weighted by Crippen LogP contribution is -2.26. The molecule has 2 aliphatic rings. The van der Waals surface area contributed by atoms with Gasteiger partial charge in [0, 0.05) is 42.1 Å². The second kappa shape index (κ2) is 13.5. The van der Waals surface area contributed by atoms with E-state index in [-0.39, 0.29) is 4.90 Å². The molecule has 0 saturated heterocycles. The Labute approximate surface area is 258 Å². The largest absolute Gasteiger partial charge is 0.387 e. The van der Waals surface area contributed by atoms with Crippen molar-refractivity contribution in [2.24, 2.45) is 5.92 Å². The number of fused-ring (bicyclic) bond motifs is 1. The van der Waals surface area contributed by atoms with E-state index >= 15 is 0 Å². The Balaban J connectivity index is 1.18. The maximum Gasteiger partial charge on any atom is 0.270 e. The van der Waals surface area contributed by atoms with Crippen molar-refractivity contribution in [3.8, 4) is 0 Å². The molecule has 1 atom stereocenters. The van der Waals surface area contributed by atoms with E-state index in [1.54, 1.807) is 24.5 Å². The van der Waals surface area contributed by atoms with Crippen molar-refractivity contribution in [3.05, 3.63) is 94.8 Å². The Hall–Kier alpha value is -3.31. The third kappa shape index (κ3) is 7.09. The first-order valence-corrected chi connectivity index (χ1v) is 17.5. The monoisotopic (exact) mass is 617 g/mol. The molecule has 1 unspecified atom stereocenters. The molecule has 0 spiro atoms. The van der Waals surface area contributed by atoms with Crippen LogP contribution in [-0.4, -0.2) is 43.1 Å². The zero-order valence-electron chi connectivity index (χ0n) is 24.3. The molecule has 2 aromatic heterocycles. The first kappa shape index (κ1) is 29.7. The van der Waals surface area contributed by atoms with Crippen LogP contribution in [0.5, 0.6) is 0 Å². The summed E-state index contributed by atoms with van der Waals surface area (Å²) >= 11 is 1.39. The van der Waals surface area contributed by atoms with Crippen LogP contribution in [0.3, 0.4) is 0 Å². The summed E-state index contributed by atoms with van der Waals surface area (Å²) < 4.78 is 29.8. The van der Waals surface area contributed by atoms with Crippen molar-refractivity contribution in [2.75, 3.05) is 29.3 Å². The number of hydrogen-bond acceptors (Lipinski definition) is 8. The van der Waals surface area contributed by atoms with E-state index in [0.29, 0.717) is 23.9 Å². The van der Waals surface area contributed by atoms with Crippen LogP contribution in [0.25, 0.3) is 0 Å². The molecule has 226 valence electrons. The number of thiazole rings is 1. The molecule has 0 amide bonds. The zero-order valence-corrected chi connectivity index (χ0v) is 25.9. The van der Waals surface area contributed by atoms with E-state index in [1.165, 1.54) is 41.3 Å². The molecule has 2 aromatic carbocycles. The average Bonchev–Trinajstić information content (AvgIpc) is 3.82. The number of hydrogen-bond donors (Lipinski definition) is 3. The number of aryl methyl sites for hydroxylation is 1. The molecule has 8 nitrogen and oxygen atoms in total. The summed E-state index contributed by atoms with van der Waals surface area (Å²) in [5, 5.41) is 19.5. The van der Waals surface area contributed by atoms with Gasteiger partial charge in [-0.25, -0.2) is 17.7 Å². The van der Waals surface area contributed by atoms with Gasteiger partial charge in [0.25, 0.3) is 10.0 Å². The molecular formula is C33H39N5O3S2. The predicted molar refractivity (Wildman–Crippen MR) is 173 cm³/mol. The molecule has 3 N–H and O–H groups in total. The number of aliphatic hydroxyl groups excluding tert-OH is 1.